The van der Waals surface area contributed by atoms with Gasteiger partial charge in [0.1, 0.15) is 6.10 Å². The van der Waals surface area contributed by atoms with Crippen LogP contribution in [0.3, 0.4) is 0 Å². The van der Waals surface area contributed by atoms with E-state index in [0.29, 0.717) is 27.3 Å². The van der Waals surface area contributed by atoms with E-state index in [1.807, 2.05) is 10.6 Å². The predicted molar refractivity (Wildman–Crippen MR) is 95.5 cm³/mol. The third kappa shape index (κ3) is 3.29. The third-order valence-electron chi connectivity index (χ3n) is 4.19. The highest BCUT2D eigenvalue weighted by molar-refractivity contribution is 6.31. The lowest BCUT2D eigenvalue weighted by Gasteiger charge is -2.19. The van der Waals surface area contributed by atoms with Gasteiger partial charge in [-0.3, -0.25) is 0 Å². The molecule has 25 heavy (non-hydrogen) atoms. The number of carbonyl (C=O) groups is 1. The molecule has 2 N–H and O–H groups in total. The van der Waals surface area contributed by atoms with Crippen LogP contribution in [-0.2, 0) is 0 Å². The van der Waals surface area contributed by atoms with E-state index in [1.165, 1.54) is 0 Å². The molecular formula is C19H17ClN2O3. The molecule has 6 heteroatoms. The van der Waals surface area contributed by atoms with Gasteiger partial charge in [0.2, 0.25) is 0 Å². The van der Waals surface area contributed by atoms with Gasteiger partial charge in [-0.1, -0.05) is 11.6 Å². The van der Waals surface area contributed by atoms with Gasteiger partial charge in [-0.2, -0.15) is 0 Å². The van der Waals surface area contributed by atoms with Crippen LogP contribution < -0.4 is 0 Å². The molecule has 0 amide bonds. The molecule has 0 saturated carbocycles. The minimum Gasteiger partial charge on any atom is -0.478 e. The molecule has 0 aliphatic carbocycles. The highest BCUT2D eigenvalue weighted by Crippen LogP contribution is 2.34. The Labute approximate surface area is 150 Å². The number of halogens is 1. The molecule has 1 unspecified atom stereocenters. The van der Waals surface area contributed by atoms with Crippen molar-refractivity contribution in [2.75, 3.05) is 0 Å². The molecule has 128 valence electrons. The molecule has 1 aromatic heterocycles. The van der Waals surface area contributed by atoms with Gasteiger partial charge in [-0.05, 0) is 60.9 Å². The first-order valence-electron chi connectivity index (χ1n) is 7.68. The fourth-order valence-corrected chi connectivity index (χ4v) is 3.22. The summed E-state index contributed by atoms with van der Waals surface area (Å²) in [6.07, 6.45) is 4.18. The monoisotopic (exact) mass is 356 g/mol. The highest BCUT2D eigenvalue weighted by Gasteiger charge is 2.20. The zero-order chi connectivity index (χ0) is 18.1. The Morgan fingerprint density at radius 1 is 1.20 bits per heavy atom. The summed E-state index contributed by atoms with van der Waals surface area (Å²) in [5.41, 5.74) is 3.65. The molecule has 5 nitrogen and oxygen atoms in total. The highest BCUT2D eigenvalue weighted by atomic mass is 35.5. The first-order chi connectivity index (χ1) is 11.9. The standard InChI is InChI=1S/C19H17ClN2O3/c1-11-7-13(19(24)25)8-12(2)17(11)18(23)15-9-14(3-4-16(15)20)22-6-5-21-10-22/h3-10,18,23H,1-2H3,(H,24,25). The minimum atomic E-state index is -0.993. The van der Waals surface area contributed by atoms with E-state index >= 15 is 0 Å². The van der Waals surface area contributed by atoms with E-state index in [-0.39, 0.29) is 5.56 Å². The van der Waals surface area contributed by atoms with E-state index in [2.05, 4.69) is 4.98 Å². The molecule has 0 spiro atoms. The maximum Gasteiger partial charge on any atom is 0.335 e. The molecule has 0 bridgehead atoms. The molecule has 0 aliphatic heterocycles. The van der Waals surface area contributed by atoms with Crippen molar-refractivity contribution in [3.63, 3.8) is 0 Å². The smallest absolute Gasteiger partial charge is 0.335 e. The summed E-state index contributed by atoms with van der Waals surface area (Å²) < 4.78 is 1.82. The Kier molecular flexibility index (Phi) is 4.61. The van der Waals surface area contributed by atoms with Crippen LogP contribution in [0.1, 0.15) is 38.7 Å². The Hall–Kier alpha value is -2.63. The molecule has 0 aliphatic rings. The number of imidazole rings is 1. The Bertz CT molecular complexity index is 913. The number of hydrogen-bond donors (Lipinski definition) is 2. The van der Waals surface area contributed by atoms with E-state index in [1.54, 1.807) is 56.8 Å². The van der Waals surface area contributed by atoms with E-state index in [4.69, 9.17) is 11.6 Å². The van der Waals surface area contributed by atoms with E-state index < -0.39 is 12.1 Å². The van der Waals surface area contributed by atoms with Crippen LogP contribution in [0.2, 0.25) is 5.02 Å². The van der Waals surface area contributed by atoms with Crippen LogP contribution >= 0.6 is 11.6 Å². The van der Waals surface area contributed by atoms with Gasteiger partial charge in [-0.25, -0.2) is 9.78 Å². The number of nitrogens with zero attached hydrogens (tertiary/aromatic N) is 2. The molecule has 1 atom stereocenters. The topological polar surface area (TPSA) is 75.3 Å². The van der Waals surface area contributed by atoms with Crippen molar-refractivity contribution >= 4 is 17.6 Å². The van der Waals surface area contributed by atoms with Crippen LogP contribution in [0.5, 0.6) is 0 Å². The van der Waals surface area contributed by atoms with Crippen molar-refractivity contribution < 1.29 is 15.0 Å². The minimum absolute atomic E-state index is 0.198. The number of aliphatic hydroxyl groups is 1. The summed E-state index contributed by atoms with van der Waals surface area (Å²) in [5.74, 6) is -0.993. The molecule has 3 rings (SSSR count). The maximum absolute atomic E-state index is 11.2. The van der Waals surface area contributed by atoms with Gasteiger partial charge >= 0.3 is 5.97 Å². The second-order valence-electron chi connectivity index (χ2n) is 5.91. The summed E-state index contributed by atoms with van der Waals surface area (Å²) in [6, 6.07) is 8.49. The number of aliphatic hydroxyl groups excluding tert-OH is 1. The maximum atomic E-state index is 11.2. The Morgan fingerprint density at radius 2 is 1.88 bits per heavy atom. The Balaban J connectivity index is 2.08. The first kappa shape index (κ1) is 17.2. The summed E-state index contributed by atoms with van der Waals surface area (Å²) in [6.45, 7) is 3.57. The average Bonchev–Trinajstić information content (AvgIpc) is 3.08. The van der Waals surface area contributed by atoms with Gasteiger partial charge in [0, 0.05) is 28.7 Å². The van der Waals surface area contributed by atoms with Crippen LogP contribution in [-0.4, -0.2) is 25.7 Å². The number of aromatic nitrogens is 2. The number of hydrogen-bond acceptors (Lipinski definition) is 3. The second-order valence-corrected chi connectivity index (χ2v) is 6.31. The number of aromatic carboxylic acids is 1. The van der Waals surface area contributed by atoms with Gasteiger partial charge in [0.15, 0.2) is 0 Å². The second kappa shape index (κ2) is 6.70. The lowest BCUT2D eigenvalue weighted by molar-refractivity contribution is 0.0696. The number of carboxylic acid groups (broad SMARTS) is 1. The van der Waals surface area contributed by atoms with Crippen molar-refractivity contribution in [1.82, 2.24) is 9.55 Å². The van der Waals surface area contributed by atoms with Crippen molar-refractivity contribution in [1.29, 1.82) is 0 Å². The van der Waals surface area contributed by atoms with E-state index in [0.717, 1.165) is 5.69 Å². The SMILES string of the molecule is Cc1cc(C(=O)O)cc(C)c1C(O)c1cc(-n2ccnc2)ccc1Cl. The zero-order valence-corrected chi connectivity index (χ0v) is 14.5. The lowest BCUT2D eigenvalue weighted by atomic mass is 9.91. The molecular weight excluding hydrogens is 340 g/mol. The van der Waals surface area contributed by atoms with Gasteiger partial charge in [0.05, 0.1) is 11.9 Å². The van der Waals surface area contributed by atoms with Crippen LogP contribution in [0.25, 0.3) is 5.69 Å². The van der Waals surface area contributed by atoms with Crippen molar-refractivity contribution in [3.8, 4) is 5.69 Å². The van der Waals surface area contributed by atoms with Gasteiger partial charge < -0.3 is 14.8 Å². The summed E-state index contributed by atoms with van der Waals surface area (Å²) >= 11 is 6.31. The van der Waals surface area contributed by atoms with Crippen molar-refractivity contribution in [2.45, 2.75) is 20.0 Å². The van der Waals surface area contributed by atoms with Crippen molar-refractivity contribution in [2.24, 2.45) is 0 Å². The molecule has 1 heterocycles. The first-order valence-corrected chi connectivity index (χ1v) is 8.06. The molecule has 2 aromatic carbocycles. The zero-order valence-electron chi connectivity index (χ0n) is 13.8. The number of carboxylic acids is 1. The third-order valence-corrected chi connectivity index (χ3v) is 4.54. The molecule has 0 saturated heterocycles. The van der Waals surface area contributed by atoms with E-state index in [9.17, 15) is 15.0 Å². The number of aryl methyl sites for hydroxylation is 2. The fraction of sp³-hybridized carbons (Fsp3) is 0.158. The number of rotatable bonds is 4. The summed E-state index contributed by atoms with van der Waals surface area (Å²) in [7, 11) is 0. The molecule has 3 aromatic rings. The Morgan fingerprint density at radius 3 is 2.44 bits per heavy atom. The quantitative estimate of drug-likeness (QED) is 0.742. The molecule has 0 radical (unpaired) electrons. The number of benzene rings is 2. The van der Waals surface area contributed by atoms with Gasteiger partial charge in [-0.15, -0.1) is 0 Å². The normalized spacial score (nSPS) is 12.2. The average molecular weight is 357 g/mol. The predicted octanol–water partition coefficient (Wildman–Crippen LogP) is 3.92. The lowest BCUT2D eigenvalue weighted by Crippen LogP contribution is -2.08. The van der Waals surface area contributed by atoms with Crippen LogP contribution in [0.4, 0.5) is 0 Å². The summed E-state index contributed by atoms with van der Waals surface area (Å²) in [4.78, 5) is 15.2. The van der Waals surface area contributed by atoms with Crippen LogP contribution in [0.15, 0.2) is 49.1 Å². The summed E-state index contributed by atoms with van der Waals surface area (Å²) in [5, 5.41) is 20.5. The van der Waals surface area contributed by atoms with Crippen LogP contribution in [0, 0.1) is 13.8 Å². The fourth-order valence-electron chi connectivity index (χ4n) is 3.00. The van der Waals surface area contributed by atoms with Gasteiger partial charge in [0.25, 0.3) is 0 Å². The largest absolute Gasteiger partial charge is 0.478 e. The molecule has 0 fully saturated rings. The van der Waals surface area contributed by atoms with Crippen molar-refractivity contribution in [3.05, 3.63) is 81.9 Å².